The Hall–Kier alpha value is -3.42. The summed E-state index contributed by atoms with van der Waals surface area (Å²) in [6.45, 7) is 3.07. The maximum Gasteiger partial charge on any atom is 0.416 e. The molecule has 0 aliphatic heterocycles. The van der Waals surface area contributed by atoms with E-state index in [0.717, 1.165) is 18.2 Å². The van der Waals surface area contributed by atoms with E-state index in [1.807, 2.05) is 6.92 Å². The van der Waals surface area contributed by atoms with Crippen LogP contribution in [-0.2, 0) is 14.3 Å². The third kappa shape index (κ3) is 7.20. The highest BCUT2D eigenvalue weighted by molar-refractivity contribution is 6.37. The average molecular weight is 417 g/mol. The highest BCUT2D eigenvalue weighted by Crippen LogP contribution is 2.24. The van der Waals surface area contributed by atoms with Gasteiger partial charge in [-0.15, -0.1) is 0 Å². The average Bonchev–Trinajstić information content (AvgIpc) is 2.73. The molecular weight excluding hydrogens is 393 g/mol. The van der Waals surface area contributed by atoms with Crippen molar-refractivity contribution < 1.29 is 33.0 Å². The van der Waals surface area contributed by atoms with E-state index >= 15 is 0 Å². The second-order valence-electron chi connectivity index (χ2n) is 6.36. The largest absolute Gasteiger partial charge is 0.492 e. The number of carbonyl (C=O) groups excluding carboxylic acids is 3. The minimum Gasteiger partial charge on any atom is -0.492 e. The molecule has 0 aliphatic rings. The van der Waals surface area contributed by atoms with E-state index in [1.54, 1.807) is 24.3 Å². The summed E-state index contributed by atoms with van der Waals surface area (Å²) in [7, 11) is 0. The topological polar surface area (TPSA) is 82.1 Å². The van der Waals surface area contributed by atoms with Gasteiger partial charge in [-0.05, 0) is 55.0 Å². The first-order valence-corrected chi connectivity index (χ1v) is 9.56. The van der Waals surface area contributed by atoms with Gasteiger partial charge in [0.05, 0.1) is 13.2 Å². The first kappa shape index (κ1) is 22.9. The molecule has 160 valence electrons. The van der Waals surface area contributed by atoms with Crippen LogP contribution in [0.2, 0.25) is 0 Å². The van der Waals surface area contributed by atoms with E-state index in [0.29, 0.717) is 23.7 Å². The smallest absolute Gasteiger partial charge is 0.416 e. The fourth-order valence-electron chi connectivity index (χ4n) is 2.34. The zero-order valence-electron chi connectivity index (χ0n) is 16.9. The fourth-order valence-corrected chi connectivity index (χ4v) is 2.34. The summed E-state index contributed by atoms with van der Waals surface area (Å²) >= 11 is 0. The van der Waals surface area contributed by atoms with Gasteiger partial charge in [-0.2, -0.15) is 0 Å². The van der Waals surface area contributed by atoms with Crippen LogP contribution in [0, 0.1) is 5.82 Å². The van der Waals surface area contributed by atoms with E-state index in [1.165, 1.54) is 24.3 Å². The van der Waals surface area contributed by atoms with Crippen molar-refractivity contribution in [2.45, 2.75) is 26.7 Å². The molecule has 0 aliphatic carbocycles. The monoisotopic (exact) mass is 417 g/mol. The van der Waals surface area contributed by atoms with Crippen molar-refractivity contribution in [3.05, 3.63) is 54.3 Å². The molecule has 2 rings (SSSR count). The molecule has 0 heterocycles. The number of amides is 2. The molecule has 7 nitrogen and oxygen atoms in total. The molecule has 0 bridgehead atoms. The number of carbonyl (C=O) groups is 3. The number of halogens is 1. The Morgan fingerprint density at radius 3 is 2.03 bits per heavy atom. The summed E-state index contributed by atoms with van der Waals surface area (Å²) in [6, 6.07) is 12.2. The number of Topliss-reactive ketones (excluding diaryl/α,β-unsaturated/α-hetero) is 1. The fraction of sp³-hybridized carbons (Fsp3) is 0.318. The molecule has 8 heteroatoms. The van der Waals surface area contributed by atoms with Crippen molar-refractivity contribution in [3.8, 4) is 17.2 Å². The van der Waals surface area contributed by atoms with E-state index in [4.69, 9.17) is 14.2 Å². The molecule has 0 fully saturated rings. The van der Waals surface area contributed by atoms with Crippen molar-refractivity contribution in [2.24, 2.45) is 0 Å². The quantitative estimate of drug-likeness (QED) is 0.422. The van der Waals surface area contributed by atoms with Crippen LogP contribution in [-0.4, -0.2) is 42.4 Å². The van der Waals surface area contributed by atoms with Gasteiger partial charge in [-0.3, -0.25) is 9.59 Å². The van der Waals surface area contributed by atoms with Gasteiger partial charge < -0.3 is 14.2 Å². The standard InChI is InChI=1S/C22H24FNO6/c1-3-4-14-29-22(27)24(21(26)16(2)25)13-15-28-18-9-11-20(12-10-18)30-19-7-5-17(23)6-8-19/h5-12H,3-4,13-15H2,1-2H3. The van der Waals surface area contributed by atoms with Gasteiger partial charge >= 0.3 is 6.09 Å². The summed E-state index contributed by atoms with van der Waals surface area (Å²) in [5.74, 6) is -0.548. The number of ketones is 1. The summed E-state index contributed by atoms with van der Waals surface area (Å²) in [5, 5.41) is 0. The van der Waals surface area contributed by atoms with Gasteiger partial charge in [0.15, 0.2) is 0 Å². The highest BCUT2D eigenvalue weighted by Gasteiger charge is 2.26. The number of hydrogen-bond acceptors (Lipinski definition) is 6. The lowest BCUT2D eigenvalue weighted by Gasteiger charge is -2.19. The Labute approximate surface area is 174 Å². The van der Waals surface area contributed by atoms with Crippen molar-refractivity contribution in [1.29, 1.82) is 0 Å². The molecule has 0 saturated carbocycles. The maximum atomic E-state index is 12.9. The predicted molar refractivity (Wildman–Crippen MR) is 107 cm³/mol. The number of nitrogens with zero attached hydrogens (tertiary/aromatic N) is 1. The molecule has 0 atom stereocenters. The van der Waals surface area contributed by atoms with Crippen LogP contribution in [0.15, 0.2) is 48.5 Å². The number of unbranched alkanes of at least 4 members (excludes halogenated alkanes) is 1. The molecular formula is C22H24FNO6. The predicted octanol–water partition coefficient (Wildman–Crippen LogP) is 4.35. The van der Waals surface area contributed by atoms with Crippen molar-refractivity contribution >= 4 is 17.8 Å². The van der Waals surface area contributed by atoms with Crippen molar-refractivity contribution in [3.63, 3.8) is 0 Å². The van der Waals surface area contributed by atoms with Crippen LogP contribution in [0.5, 0.6) is 17.2 Å². The number of benzene rings is 2. The SMILES string of the molecule is CCCCOC(=O)N(CCOc1ccc(Oc2ccc(F)cc2)cc1)C(=O)C(C)=O. The Balaban J connectivity index is 1.88. The molecule has 0 unspecified atom stereocenters. The molecule has 0 saturated heterocycles. The minimum atomic E-state index is -0.942. The third-order valence-corrected chi connectivity index (χ3v) is 3.95. The Bertz CT molecular complexity index is 851. The van der Waals surface area contributed by atoms with Gasteiger partial charge in [0.1, 0.15) is 29.7 Å². The summed E-state index contributed by atoms with van der Waals surface area (Å²) in [5.41, 5.74) is 0. The van der Waals surface area contributed by atoms with Gasteiger partial charge in [-0.25, -0.2) is 14.1 Å². The zero-order valence-corrected chi connectivity index (χ0v) is 16.9. The highest BCUT2D eigenvalue weighted by atomic mass is 19.1. The lowest BCUT2D eigenvalue weighted by Crippen LogP contribution is -2.43. The van der Waals surface area contributed by atoms with Crippen molar-refractivity contribution in [2.75, 3.05) is 19.8 Å². The first-order chi connectivity index (χ1) is 14.4. The zero-order chi connectivity index (χ0) is 21.9. The van der Waals surface area contributed by atoms with Crippen LogP contribution in [0.25, 0.3) is 0 Å². The van der Waals surface area contributed by atoms with Crippen LogP contribution >= 0.6 is 0 Å². The number of imide groups is 1. The second kappa shape index (κ2) is 11.5. The summed E-state index contributed by atoms with van der Waals surface area (Å²) in [6.07, 6.45) is 0.629. The van der Waals surface area contributed by atoms with Crippen LogP contribution < -0.4 is 9.47 Å². The van der Waals surface area contributed by atoms with E-state index < -0.39 is 17.8 Å². The molecule has 0 radical (unpaired) electrons. The van der Waals surface area contributed by atoms with Crippen LogP contribution in [0.3, 0.4) is 0 Å². The third-order valence-electron chi connectivity index (χ3n) is 3.95. The van der Waals surface area contributed by atoms with E-state index in [9.17, 15) is 18.8 Å². The summed E-state index contributed by atoms with van der Waals surface area (Å²) < 4.78 is 29.1. The molecule has 0 spiro atoms. The summed E-state index contributed by atoms with van der Waals surface area (Å²) in [4.78, 5) is 36.2. The van der Waals surface area contributed by atoms with E-state index in [-0.39, 0.29) is 25.6 Å². The molecule has 0 aromatic heterocycles. The molecule has 2 amide bonds. The lowest BCUT2D eigenvalue weighted by atomic mass is 10.3. The molecule has 30 heavy (non-hydrogen) atoms. The van der Waals surface area contributed by atoms with Gasteiger partial charge in [0.2, 0.25) is 5.78 Å². The normalized spacial score (nSPS) is 10.2. The molecule has 0 N–H and O–H groups in total. The second-order valence-corrected chi connectivity index (χ2v) is 6.36. The van der Waals surface area contributed by atoms with E-state index in [2.05, 4.69) is 0 Å². The maximum absolute atomic E-state index is 12.9. The Morgan fingerprint density at radius 2 is 1.47 bits per heavy atom. The van der Waals surface area contributed by atoms with Crippen LogP contribution in [0.4, 0.5) is 9.18 Å². The molecule has 2 aromatic carbocycles. The minimum absolute atomic E-state index is 0.0138. The van der Waals surface area contributed by atoms with Crippen LogP contribution in [0.1, 0.15) is 26.7 Å². The van der Waals surface area contributed by atoms with Crippen molar-refractivity contribution in [1.82, 2.24) is 4.90 Å². The van der Waals surface area contributed by atoms with Gasteiger partial charge in [0, 0.05) is 6.92 Å². The number of hydrogen-bond donors (Lipinski definition) is 0. The Morgan fingerprint density at radius 1 is 0.900 bits per heavy atom. The van der Waals surface area contributed by atoms with Gasteiger partial charge in [0.25, 0.3) is 5.91 Å². The van der Waals surface area contributed by atoms with Gasteiger partial charge in [-0.1, -0.05) is 13.3 Å². The number of ether oxygens (including phenoxy) is 3. The Kier molecular flexibility index (Phi) is 8.80. The molecule has 2 aromatic rings. The first-order valence-electron chi connectivity index (χ1n) is 9.56. The number of rotatable bonds is 10. The lowest BCUT2D eigenvalue weighted by molar-refractivity contribution is -0.142.